The molecule has 2 N–H and O–H groups in total. The molecule has 122 valence electrons. The lowest BCUT2D eigenvalue weighted by Crippen LogP contribution is -2.43. The minimum Gasteiger partial charge on any atom is -0.478 e. The van der Waals surface area contributed by atoms with Crippen molar-refractivity contribution in [3.05, 3.63) is 35.4 Å². The van der Waals surface area contributed by atoms with Crippen molar-refractivity contribution >= 4 is 12.0 Å². The van der Waals surface area contributed by atoms with Crippen molar-refractivity contribution in [2.45, 2.75) is 6.54 Å². The van der Waals surface area contributed by atoms with Gasteiger partial charge in [-0.05, 0) is 17.7 Å². The molecule has 7 heteroatoms. The fraction of sp³-hybridized carbons (Fsp3) is 0.467. The molecule has 0 atom stereocenters. The van der Waals surface area contributed by atoms with E-state index in [-0.39, 0.29) is 11.6 Å². The highest BCUT2D eigenvalue weighted by atomic mass is 16.5. The first-order valence-electron chi connectivity index (χ1n) is 6.91. The number of hydrogen-bond acceptors (Lipinski definition) is 4. The molecule has 2 amide bonds. The number of rotatable bonds is 9. The number of nitrogens with one attached hydrogen (secondary N) is 1. The van der Waals surface area contributed by atoms with Gasteiger partial charge in [-0.1, -0.05) is 12.1 Å². The monoisotopic (exact) mass is 310 g/mol. The fourth-order valence-electron chi connectivity index (χ4n) is 1.77. The number of methoxy groups -OCH3 is 2. The maximum Gasteiger partial charge on any atom is 0.335 e. The molecule has 0 fully saturated rings. The second kappa shape index (κ2) is 9.75. The molecule has 0 aromatic heterocycles. The van der Waals surface area contributed by atoms with E-state index < -0.39 is 5.97 Å². The molecule has 1 aromatic carbocycles. The largest absolute Gasteiger partial charge is 0.478 e. The van der Waals surface area contributed by atoms with Crippen LogP contribution in [0.5, 0.6) is 0 Å². The minimum absolute atomic E-state index is 0.212. The number of carboxylic acids is 1. The molecule has 0 saturated heterocycles. The van der Waals surface area contributed by atoms with Gasteiger partial charge in [0.2, 0.25) is 0 Å². The first kappa shape index (κ1) is 17.9. The van der Waals surface area contributed by atoms with Gasteiger partial charge in [0.05, 0.1) is 18.8 Å². The molecule has 0 aliphatic carbocycles. The van der Waals surface area contributed by atoms with Crippen molar-refractivity contribution in [2.75, 3.05) is 40.5 Å². The first-order valence-corrected chi connectivity index (χ1v) is 6.91. The third-order valence-corrected chi connectivity index (χ3v) is 3.06. The number of carbonyl (C=O) groups is 2. The predicted octanol–water partition coefficient (Wildman–Crippen LogP) is 1.19. The standard InChI is InChI=1S/C15H22N2O5/c1-21-9-7-17(8-10-22-2)15(20)16-11-12-3-5-13(6-4-12)14(18)19/h3-6H,7-11H2,1-2H3,(H,16,20)(H,18,19). The zero-order valence-corrected chi connectivity index (χ0v) is 12.9. The summed E-state index contributed by atoms with van der Waals surface area (Å²) in [7, 11) is 3.16. The first-order chi connectivity index (χ1) is 10.6. The number of carboxylic acid groups (broad SMARTS) is 1. The molecule has 0 spiro atoms. The summed E-state index contributed by atoms with van der Waals surface area (Å²) in [4.78, 5) is 24.5. The lowest BCUT2D eigenvalue weighted by atomic mass is 10.1. The van der Waals surface area contributed by atoms with Gasteiger partial charge in [-0.15, -0.1) is 0 Å². The number of nitrogens with zero attached hydrogens (tertiary/aromatic N) is 1. The maximum atomic E-state index is 12.1. The van der Waals surface area contributed by atoms with Crippen molar-refractivity contribution in [2.24, 2.45) is 0 Å². The summed E-state index contributed by atoms with van der Waals surface area (Å²) < 4.78 is 9.97. The maximum absolute atomic E-state index is 12.1. The van der Waals surface area contributed by atoms with E-state index in [2.05, 4.69) is 5.32 Å². The van der Waals surface area contributed by atoms with E-state index in [9.17, 15) is 9.59 Å². The molecular weight excluding hydrogens is 288 g/mol. The van der Waals surface area contributed by atoms with E-state index in [0.717, 1.165) is 5.56 Å². The Balaban J connectivity index is 2.51. The quantitative estimate of drug-likeness (QED) is 0.715. The van der Waals surface area contributed by atoms with Gasteiger partial charge in [0.25, 0.3) is 0 Å². The van der Waals surface area contributed by atoms with E-state index in [0.29, 0.717) is 32.8 Å². The molecule has 0 radical (unpaired) electrons. The van der Waals surface area contributed by atoms with Crippen LogP contribution in [0.25, 0.3) is 0 Å². The molecule has 0 aliphatic rings. The van der Waals surface area contributed by atoms with Gasteiger partial charge in [-0.25, -0.2) is 9.59 Å². The number of benzene rings is 1. The molecule has 0 bridgehead atoms. The van der Waals surface area contributed by atoms with Gasteiger partial charge in [0.15, 0.2) is 0 Å². The van der Waals surface area contributed by atoms with Gasteiger partial charge < -0.3 is 24.8 Å². The van der Waals surface area contributed by atoms with Gasteiger partial charge >= 0.3 is 12.0 Å². The Bertz CT molecular complexity index is 467. The molecule has 0 aliphatic heterocycles. The van der Waals surface area contributed by atoms with Crippen molar-refractivity contribution in [3.8, 4) is 0 Å². The number of urea groups is 1. The molecule has 0 unspecified atom stereocenters. The highest BCUT2D eigenvalue weighted by Crippen LogP contribution is 2.04. The molecule has 0 saturated carbocycles. The minimum atomic E-state index is -0.971. The molecule has 7 nitrogen and oxygen atoms in total. The number of carbonyl (C=O) groups excluding carboxylic acids is 1. The molecular formula is C15H22N2O5. The molecule has 0 heterocycles. The SMILES string of the molecule is COCCN(CCOC)C(=O)NCc1ccc(C(=O)O)cc1. The summed E-state index contributed by atoms with van der Waals surface area (Å²) in [6.45, 7) is 2.18. The van der Waals surface area contributed by atoms with Gasteiger partial charge in [0, 0.05) is 33.9 Å². The summed E-state index contributed by atoms with van der Waals surface area (Å²) in [5, 5.41) is 11.6. The second-order valence-corrected chi connectivity index (χ2v) is 4.63. The van der Waals surface area contributed by atoms with Gasteiger partial charge in [0.1, 0.15) is 0 Å². The third kappa shape index (κ3) is 6.11. The van der Waals surface area contributed by atoms with Crippen LogP contribution in [0.3, 0.4) is 0 Å². The van der Waals surface area contributed by atoms with E-state index in [1.54, 1.807) is 31.3 Å². The molecule has 1 aromatic rings. The Morgan fingerprint density at radius 1 is 1.09 bits per heavy atom. The highest BCUT2D eigenvalue weighted by molar-refractivity contribution is 5.87. The van der Waals surface area contributed by atoms with E-state index in [1.807, 2.05) is 0 Å². The second-order valence-electron chi connectivity index (χ2n) is 4.63. The zero-order chi connectivity index (χ0) is 16.4. The van der Waals surface area contributed by atoms with Gasteiger partial charge in [-0.2, -0.15) is 0 Å². The topological polar surface area (TPSA) is 88.1 Å². The van der Waals surface area contributed by atoms with Crippen molar-refractivity contribution in [1.82, 2.24) is 10.2 Å². The number of aromatic carboxylic acids is 1. The zero-order valence-electron chi connectivity index (χ0n) is 12.9. The summed E-state index contributed by atoms with van der Waals surface area (Å²) in [5.41, 5.74) is 1.05. The fourth-order valence-corrected chi connectivity index (χ4v) is 1.77. The smallest absolute Gasteiger partial charge is 0.335 e. The lowest BCUT2D eigenvalue weighted by Gasteiger charge is -2.22. The van der Waals surface area contributed by atoms with Crippen LogP contribution in [0.2, 0.25) is 0 Å². The molecule has 22 heavy (non-hydrogen) atoms. The van der Waals surface area contributed by atoms with Crippen molar-refractivity contribution in [3.63, 3.8) is 0 Å². The van der Waals surface area contributed by atoms with E-state index >= 15 is 0 Å². The van der Waals surface area contributed by atoms with Crippen LogP contribution in [0, 0.1) is 0 Å². The lowest BCUT2D eigenvalue weighted by molar-refractivity contribution is 0.0697. The summed E-state index contributed by atoms with van der Waals surface area (Å²) in [5.74, 6) is -0.971. The average Bonchev–Trinajstić information content (AvgIpc) is 2.53. The van der Waals surface area contributed by atoms with Crippen LogP contribution in [-0.4, -0.2) is 62.5 Å². The predicted molar refractivity (Wildman–Crippen MR) is 81.0 cm³/mol. The van der Waals surface area contributed by atoms with Crippen LogP contribution in [0.4, 0.5) is 4.79 Å². The Morgan fingerprint density at radius 3 is 2.09 bits per heavy atom. The number of amides is 2. The highest BCUT2D eigenvalue weighted by Gasteiger charge is 2.12. The van der Waals surface area contributed by atoms with Crippen LogP contribution in [0.1, 0.15) is 15.9 Å². The Labute approximate surface area is 129 Å². The van der Waals surface area contributed by atoms with Crippen LogP contribution < -0.4 is 5.32 Å². The number of hydrogen-bond donors (Lipinski definition) is 2. The van der Waals surface area contributed by atoms with E-state index in [1.165, 1.54) is 12.1 Å². The Morgan fingerprint density at radius 2 is 1.64 bits per heavy atom. The third-order valence-electron chi connectivity index (χ3n) is 3.06. The normalized spacial score (nSPS) is 10.3. The molecule has 1 rings (SSSR count). The van der Waals surface area contributed by atoms with Gasteiger partial charge in [-0.3, -0.25) is 0 Å². The summed E-state index contributed by atoms with van der Waals surface area (Å²) in [6, 6.07) is 6.17. The van der Waals surface area contributed by atoms with Crippen LogP contribution in [-0.2, 0) is 16.0 Å². The summed E-state index contributed by atoms with van der Waals surface area (Å²) in [6.07, 6.45) is 0. The van der Waals surface area contributed by atoms with Crippen molar-refractivity contribution in [1.29, 1.82) is 0 Å². The Kier molecular flexibility index (Phi) is 7.95. The number of ether oxygens (including phenoxy) is 2. The Hall–Kier alpha value is -2.12. The van der Waals surface area contributed by atoms with Crippen LogP contribution in [0.15, 0.2) is 24.3 Å². The van der Waals surface area contributed by atoms with Crippen LogP contribution >= 0.6 is 0 Å². The summed E-state index contributed by atoms with van der Waals surface area (Å²) >= 11 is 0. The van der Waals surface area contributed by atoms with E-state index in [4.69, 9.17) is 14.6 Å². The van der Waals surface area contributed by atoms with Crippen molar-refractivity contribution < 1.29 is 24.2 Å². The average molecular weight is 310 g/mol.